The molecule has 0 saturated carbocycles. The highest BCUT2D eigenvalue weighted by Gasteiger charge is 2.35. The second kappa shape index (κ2) is 10.1. The molecule has 0 unspecified atom stereocenters. The fourth-order valence-electron chi connectivity index (χ4n) is 4.18. The summed E-state index contributed by atoms with van der Waals surface area (Å²) in [6.45, 7) is 2.01. The predicted molar refractivity (Wildman–Crippen MR) is 146 cm³/mol. The Hall–Kier alpha value is -3.75. The molecule has 0 N–H and O–H groups in total. The van der Waals surface area contributed by atoms with E-state index in [2.05, 4.69) is 0 Å². The summed E-state index contributed by atoms with van der Waals surface area (Å²) in [5.74, 6) is -0.466. The molecule has 8 heteroatoms. The first-order valence-corrected chi connectivity index (χ1v) is 13.3. The minimum absolute atomic E-state index is 0.178. The Morgan fingerprint density at radius 2 is 1.83 bits per heavy atom. The van der Waals surface area contributed by atoms with Gasteiger partial charge in [-0.25, -0.2) is 9.79 Å². The van der Waals surface area contributed by atoms with E-state index in [1.165, 1.54) is 22.7 Å². The van der Waals surface area contributed by atoms with Crippen LogP contribution in [0.2, 0.25) is 0 Å². The molecule has 6 nitrogen and oxygen atoms in total. The van der Waals surface area contributed by atoms with Crippen LogP contribution in [0.1, 0.15) is 29.0 Å². The number of nitrogens with zero attached hydrogens (tertiary/aromatic N) is 3. The van der Waals surface area contributed by atoms with Crippen LogP contribution in [0.4, 0.5) is 5.69 Å². The molecule has 5 rings (SSSR count). The molecule has 1 aliphatic rings. The van der Waals surface area contributed by atoms with Crippen LogP contribution < -0.4 is 19.8 Å². The van der Waals surface area contributed by atoms with Crippen molar-refractivity contribution < 1.29 is 9.53 Å². The average Bonchev–Trinajstić information content (AvgIpc) is 3.52. The second-order valence-corrected chi connectivity index (χ2v) is 10.4. The molecule has 2 aromatic carbocycles. The number of hydrogen-bond donors (Lipinski definition) is 0. The Morgan fingerprint density at radius 1 is 1.08 bits per heavy atom. The van der Waals surface area contributed by atoms with Crippen molar-refractivity contribution in [1.82, 2.24) is 4.57 Å². The van der Waals surface area contributed by atoms with E-state index in [-0.39, 0.29) is 12.2 Å². The van der Waals surface area contributed by atoms with Crippen LogP contribution in [0, 0.1) is 0 Å². The normalized spacial score (nSPS) is 15.4. The van der Waals surface area contributed by atoms with E-state index in [9.17, 15) is 9.59 Å². The lowest BCUT2D eigenvalue weighted by molar-refractivity contribution is -0.138. The number of thiophene rings is 1. The van der Waals surface area contributed by atoms with Crippen LogP contribution in [-0.4, -0.2) is 31.2 Å². The molecule has 0 spiro atoms. The summed E-state index contributed by atoms with van der Waals surface area (Å²) in [6, 6.07) is 20.8. The zero-order valence-electron chi connectivity index (χ0n) is 20.2. The standard InChI is InChI=1S/C28H25N3O3S2/c1-4-34-27(33)23-24(19-9-6-5-7-10-19)29-28-31(25(23)21-11-8-16-35-21)26(32)22(36-28)17-18-12-14-20(15-13-18)30(2)3/h5-17,25H,4H2,1-3H3/b22-17-/t25-/m1/s1. The highest BCUT2D eigenvalue weighted by atomic mass is 32.1. The molecule has 0 amide bonds. The summed E-state index contributed by atoms with van der Waals surface area (Å²) in [5.41, 5.74) is 3.54. The van der Waals surface area contributed by atoms with Crippen molar-refractivity contribution in [1.29, 1.82) is 0 Å². The number of carbonyl (C=O) groups excluding carboxylic acids is 1. The SMILES string of the molecule is CCOC(=O)C1=C(c2ccccc2)N=c2s/c(=C\c3ccc(N(C)C)cc3)c(=O)n2[C@@H]1c1cccs1. The lowest BCUT2D eigenvalue weighted by Crippen LogP contribution is -2.39. The van der Waals surface area contributed by atoms with Crippen LogP contribution in [-0.2, 0) is 9.53 Å². The van der Waals surface area contributed by atoms with Crippen molar-refractivity contribution in [2.24, 2.45) is 4.99 Å². The predicted octanol–water partition coefficient (Wildman–Crippen LogP) is 4.06. The fourth-order valence-corrected chi connectivity index (χ4v) is 6.00. The largest absolute Gasteiger partial charge is 0.463 e. The van der Waals surface area contributed by atoms with Crippen LogP contribution in [0.3, 0.4) is 0 Å². The lowest BCUT2D eigenvalue weighted by Gasteiger charge is -2.24. The van der Waals surface area contributed by atoms with Crippen LogP contribution in [0.25, 0.3) is 11.8 Å². The quantitative estimate of drug-likeness (QED) is 0.363. The van der Waals surface area contributed by atoms with Gasteiger partial charge in [0, 0.05) is 30.2 Å². The van der Waals surface area contributed by atoms with E-state index in [0.717, 1.165) is 21.7 Å². The summed E-state index contributed by atoms with van der Waals surface area (Å²) < 4.78 is 7.67. The first-order chi connectivity index (χ1) is 17.5. The van der Waals surface area contributed by atoms with Crippen molar-refractivity contribution in [3.8, 4) is 0 Å². The van der Waals surface area contributed by atoms with Gasteiger partial charge in [0.15, 0.2) is 4.80 Å². The maximum absolute atomic E-state index is 13.8. The van der Waals surface area contributed by atoms with E-state index < -0.39 is 12.0 Å². The van der Waals surface area contributed by atoms with Gasteiger partial charge in [0.25, 0.3) is 5.56 Å². The van der Waals surface area contributed by atoms with Gasteiger partial charge in [0.05, 0.1) is 22.4 Å². The molecule has 3 heterocycles. The van der Waals surface area contributed by atoms with E-state index in [4.69, 9.17) is 9.73 Å². The van der Waals surface area contributed by atoms with Gasteiger partial charge in [-0.15, -0.1) is 11.3 Å². The number of esters is 1. The average molecular weight is 516 g/mol. The summed E-state index contributed by atoms with van der Waals surface area (Å²) in [5, 5.41) is 1.95. The minimum atomic E-state index is -0.617. The summed E-state index contributed by atoms with van der Waals surface area (Å²) in [6.07, 6.45) is 1.88. The number of ether oxygens (including phenoxy) is 1. The number of rotatable bonds is 6. The van der Waals surface area contributed by atoms with Crippen molar-refractivity contribution in [2.45, 2.75) is 13.0 Å². The molecule has 182 valence electrons. The molecule has 36 heavy (non-hydrogen) atoms. The van der Waals surface area contributed by atoms with Crippen molar-refractivity contribution >= 4 is 46.1 Å². The van der Waals surface area contributed by atoms with E-state index in [1.807, 2.05) is 97.2 Å². The molecular formula is C28H25N3O3S2. The zero-order valence-corrected chi connectivity index (χ0v) is 21.8. The number of benzene rings is 2. The Bertz CT molecular complexity index is 1600. The van der Waals surface area contributed by atoms with Crippen LogP contribution in [0.15, 0.2) is 87.5 Å². The van der Waals surface area contributed by atoms with Crippen LogP contribution >= 0.6 is 22.7 Å². The number of fused-ring (bicyclic) bond motifs is 1. The summed E-state index contributed by atoms with van der Waals surface area (Å²) in [4.78, 5) is 35.4. The molecule has 1 atom stereocenters. The summed E-state index contributed by atoms with van der Waals surface area (Å²) in [7, 11) is 3.98. The Kier molecular flexibility index (Phi) is 6.71. The fraction of sp³-hybridized carbons (Fsp3) is 0.179. The molecule has 0 radical (unpaired) electrons. The Labute approximate surface area is 216 Å². The van der Waals surface area contributed by atoms with E-state index in [0.29, 0.717) is 20.6 Å². The van der Waals surface area contributed by atoms with Gasteiger partial charge in [-0.3, -0.25) is 9.36 Å². The third-order valence-corrected chi connectivity index (χ3v) is 7.80. The molecule has 0 saturated heterocycles. The first-order valence-electron chi connectivity index (χ1n) is 11.6. The zero-order chi connectivity index (χ0) is 25.2. The lowest BCUT2D eigenvalue weighted by atomic mass is 9.97. The number of thiazole rings is 1. The molecule has 1 aliphatic heterocycles. The van der Waals surface area contributed by atoms with Gasteiger partial charge < -0.3 is 9.64 Å². The third kappa shape index (κ3) is 4.45. The molecule has 4 aromatic rings. The van der Waals surface area contributed by atoms with Crippen LogP contribution in [0.5, 0.6) is 0 Å². The second-order valence-electron chi connectivity index (χ2n) is 8.43. The Morgan fingerprint density at radius 3 is 2.47 bits per heavy atom. The minimum Gasteiger partial charge on any atom is -0.463 e. The molecule has 0 aliphatic carbocycles. The molecule has 2 aromatic heterocycles. The highest BCUT2D eigenvalue weighted by Crippen LogP contribution is 2.36. The monoisotopic (exact) mass is 515 g/mol. The van der Waals surface area contributed by atoms with Gasteiger partial charge in [-0.05, 0) is 42.1 Å². The summed E-state index contributed by atoms with van der Waals surface area (Å²) >= 11 is 2.83. The van der Waals surface area contributed by atoms with Crippen molar-refractivity contribution in [3.63, 3.8) is 0 Å². The maximum Gasteiger partial charge on any atom is 0.338 e. The van der Waals surface area contributed by atoms with Gasteiger partial charge >= 0.3 is 5.97 Å². The van der Waals surface area contributed by atoms with Crippen molar-refractivity contribution in [3.05, 3.63) is 113 Å². The number of anilines is 1. The highest BCUT2D eigenvalue weighted by molar-refractivity contribution is 7.10. The topological polar surface area (TPSA) is 63.9 Å². The van der Waals surface area contributed by atoms with Gasteiger partial charge in [-0.1, -0.05) is 59.9 Å². The smallest absolute Gasteiger partial charge is 0.338 e. The Balaban J connectivity index is 1.76. The third-order valence-electron chi connectivity index (χ3n) is 5.89. The molecule has 0 fully saturated rings. The van der Waals surface area contributed by atoms with E-state index in [1.54, 1.807) is 11.5 Å². The van der Waals surface area contributed by atoms with Gasteiger partial charge in [0.2, 0.25) is 0 Å². The van der Waals surface area contributed by atoms with Crippen molar-refractivity contribution in [2.75, 3.05) is 25.6 Å². The molecular weight excluding hydrogens is 490 g/mol. The maximum atomic E-state index is 13.8. The van der Waals surface area contributed by atoms with E-state index >= 15 is 0 Å². The van der Waals surface area contributed by atoms with Gasteiger partial charge in [0.1, 0.15) is 6.04 Å². The number of carbonyl (C=O) groups is 1. The van der Waals surface area contributed by atoms with Gasteiger partial charge in [-0.2, -0.15) is 0 Å². The number of aromatic nitrogens is 1. The molecule has 0 bridgehead atoms. The number of hydrogen-bond acceptors (Lipinski definition) is 7. The first kappa shape index (κ1) is 24.0.